The van der Waals surface area contributed by atoms with Gasteiger partial charge in [-0.25, -0.2) is 0 Å². The van der Waals surface area contributed by atoms with Crippen LogP contribution in [0.2, 0.25) is 0 Å². The first-order valence-corrected chi connectivity index (χ1v) is 16.8. The van der Waals surface area contributed by atoms with Crippen LogP contribution in [-0.4, -0.2) is 34.8 Å². The van der Waals surface area contributed by atoms with Crippen LogP contribution < -0.4 is 9.64 Å². The molecule has 0 saturated heterocycles. The number of pyridine rings is 1. The number of aryl methyl sites for hydroxylation is 1. The van der Waals surface area contributed by atoms with Gasteiger partial charge in [-0.15, -0.1) is 0 Å². The molecular formula is C40H47N3O3. The number of hydrogen-bond donors (Lipinski definition) is 0. The van der Waals surface area contributed by atoms with E-state index in [-0.39, 0.29) is 17.7 Å². The third-order valence-electron chi connectivity index (χ3n) is 8.72. The lowest BCUT2D eigenvalue weighted by molar-refractivity contribution is -0.116. The number of nitrogens with zero attached hydrogens (tertiary/aromatic N) is 3. The minimum Gasteiger partial charge on any atom is -0.488 e. The van der Waals surface area contributed by atoms with Crippen molar-refractivity contribution in [3.05, 3.63) is 113 Å². The zero-order chi connectivity index (χ0) is 32.5. The number of benzene rings is 3. The lowest BCUT2D eigenvalue weighted by Gasteiger charge is -2.28. The molecule has 3 aromatic carbocycles. The third-order valence-corrected chi connectivity index (χ3v) is 8.72. The molecule has 0 atom stereocenters. The van der Waals surface area contributed by atoms with Crippen molar-refractivity contribution in [3.8, 4) is 17.0 Å². The number of rotatable bonds is 6. The van der Waals surface area contributed by atoms with E-state index in [0.717, 1.165) is 83.6 Å². The molecule has 0 N–H and O–H groups in total. The number of fused-ring (bicyclic) bond motifs is 1. The predicted molar refractivity (Wildman–Crippen MR) is 186 cm³/mol. The Morgan fingerprint density at radius 3 is 2.26 bits per heavy atom. The van der Waals surface area contributed by atoms with Gasteiger partial charge in [-0.05, 0) is 67.1 Å². The van der Waals surface area contributed by atoms with Crippen LogP contribution in [0.5, 0.6) is 5.75 Å². The van der Waals surface area contributed by atoms with Crippen molar-refractivity contribution in [1.82, 2.24) is 9.88 Å². The molecule has 0 spiro atoms. The third kappa shape index (κ3) is 8.22. The molecule has 2 heterocycles. The van der Waals surface area contributed by atoms with E-state index in [1.165, 1.54) is 0 Å². The van der Waals surface area contributed by atoms with Gasteiger partial charge in [0.15, 0.2) is 0 Å². The first-order valence-electron chi connectivity index (χ1n) is 16.8. The molecule has 6 nitrogen and oxygen atoms in total. The Balaban J connectivity index is 1.48. The van der Waals surface area contributed by atoms with E-state index < -0.39 is 0 Å². The van der Waals surface area contributed by atoms with Gasteiger partial charge in [-0.2, -0.15) is 0 Å². The average Bonchev–Trinajstić information content (AvgIpc) is 3.08. The number of para-hydroxylation sites is 1. The molecule has 5 rings (SSSR count). The lowest BCUT2D eigenvalue weighted by Crippen LogP contribution is -2.35. The monoisotopic (exact) mass is 617 g/mol. The van der Waals surface area contributed by atoms with Crippen molar-refractivity contribution >= 4 is 17.5 Å². The summed E-state index contributed by atoms with van der Waals surface area (Å²) >= 11 is 0. The minimum absolute atomic E-state index is 0.0217. The van der Waals surface area contributed by atoms with Crippen molar-refractivity contribution in [2.45, 2.75) is 85.3 Å². The van der Waals surface area contributed by atoms with Crippen LogP contribution in [0.3, 0.4) is 0 Å². The van der Waals surface area contributed by atoms with Gasteiger partial charge in [-0.1, -0.05) is 99.7 Å². The van der Waals surface area contributed by atoms with Crippen molar-refractivity contribution in [3.63, 3.8) is 0 Å². The van der Waals surface area contributed by atoms with Gasteiger partial charge in [0, 0.05) is 37.8 Å². The molecule has 0 radical (unpaired) electrons. The summed E-state index contributed by atoms with van der Waals surface area (Å²) < 4.78 is 6.30. The van der Waals surface area contributed by atoms with Crippen LogP contribution in [-0.2, 0) is 17.9 Å². The van der Waals surface area contributed by atoms with E-state index in [9.17, 15) is 9.59 Å². The van der Waals surface area contributed by atoms with Gasteiger partial charge < -0.3 is 14.5 Å². The number of carbonyl (C=O) groups excluding carboxylic acids is 2. The molecule has 4 aromatic rings. The SMILES string of the molecule is CC(=O)N1CCCCCCCCN(C(=O)c2ccc(-c3cc(C)ccc3OCc3ccccc3)nc2C(C)C)Cc2ccccc21. The summed E-state index contributed by atoms with van der Waals surface area (Å²) in [5.41, 5.74) is 7.21. The second-order valence-corrected chi connectivity index (χ2v) is 12.7. The summed E-state index contributed by atoms with van der Waals surface area (Å²) in [5, 5.41) is 0. The molecular weight excluding hydrogens is 570 g/mol. The average molecular weight is 618 g/mol. The highest BCUT2D eigenvalue weighted by molar-refractivity contribution is 5.96. The summed E-state index contributed by atoms with van der Waals surface area (Å²) in [6, 6.07) is 28.2. The van der Waals surface area contributed by atoms with Crippen LogP contribution in [0.4, 0.5) is 5.69 Å². The molecule has 1 aliphatic heterocycles. The largest absolute Gasteiger partial charge is 0.488 e. The Morgan fingerprint density at radius 1 is 0.826 bits per heavy atom. The molecule has 0 unspecified atom stereocenters. The summed E-state index contributed by atoms with van der Waals surface area (Å²) in [6.07, 6.45) is 6.37. The van der Waals surface area contributed by atoms with Crippen LogP contribution >= 0.6 is 0 Å². The zero-order valence-electron chi connectivity index (χ0n) is 27.8. The molecule has 0 bridgehead atoms. The van der Waals surface area contributed by atoms with Gasteiger partial charge in [-0.3, -0.25) is 14.6 Å². The van der Waals surface area contributed by atoms with E-state index in [1.807, 2.05) is 70.5 Å². The topological polar surface area (TPSA) is 62.7 Å². The van der Waals surface area contributed by atoms with E-state index in [1.54, 1.807) is 6.92 Å². The molecule has 0 fully saturated rings. The smallest absolute Gasteiger partial charge is 0.256 e. The maximum atomic E-state index is 14.4. The van der Waals surface area contributed by atoms with Gasteiger partial charge in [0.05, 0.1) is 17.0 Å². The second-order valence-electron chi connectivity index (χ2n) is 12.7. The second kappa shape index (κ2) is 15.7. The van der Waals surface area contributed by atoms with Crippen molar-refractivity contribution in [2.24, 2.45) is 0 Å². The van der Waals surface area contributed by atoms with Crippen molar-refractivity contribution < 1.29 is 14.3 Å². The number of aromatic nitrogens is 1. The Morgan fingerprint density at radius 2 is 1.52 bits per heavy atom. The zero-order valence-corrected chi connectivity index (χ0v) is 27.8. The Labute approximate surface area is 274 Å². The fourth-order valence-corrected chi connectivity index (χ4v) is 6.21. The fourth-order valence-electron chi connectivity index (χ4n) is 6.21. The standard InChI is InChI=1S/C40H47N3O3/c1-29(2)39-34(21-22-36(41-39)35-26-30(3)20-23-38(35)46-28-32-16-10-9-11-17-32)40(45)42-24-14-7-5-6-8-15-25-43(31(4)44)37-19-13-12-18-33(37)27-42/h9-13,16-23,26,29H,5-8,14-15,24-25,27-28H2,1-4H3. The van der Waals surface area contributed by atoms with Gasteiger partial charge in [0.2, 0.25) is 5.91 Å². The number of amides is 2. The fraction of sp³-hybridized carbons (Fsp3) is 0.375. The van der Waals surface area contributed by atoms with E-state index in [4.69, 9.17) is 9.72 Å². The van der Waals surface area contributed by atoms with Gasteiger partial charge in [0.1, 0.15) is 12.4 Å². The molecule has 6 heteroatoms. The lowest BCUT2D eigenvalue weighted by atomic mass is 9.99. The molecule has 0 saturated carbocycles. The summed E-state index contributed by atoms with van der Waals surface area (Å²) in [6.45, 7) is 10.1. The van der Waals surface area contributed by atoms with Crippen molar-refractivity contribution in [1.29, 1.82) is 0 Å². The highest BCUT2D eigenvalue weighted by Crippen LogP contribution is 2.33. The first kappa shape index (κ1) is 32.9. The summed E-state index contributed by atoms with van der Waals surface area (Å²) in [7, 11) is 0. The summed E-state index contributed by atoms with van der Waals surface area (Å²) in [5.74, 6) is 0.812. The Hall–Kier alpha value is -4.45. The van der Waals surface area contributed by atoms with Crippen LogP contribution in [0.15, 0.2) is 84.9 Å². The Kier molecular flexibility index (Phi) is 11.2. The van der Waals surface area contributed by atoms with E-state index in [0.29, 0.717) is 31.8 Å². The highest BCUT2D eigenvalue weighted by Gasteiger charge is 2.25. The van der Waals surface area contributed by atoms with Crippen LogP contribution in [0, 0.1) is 6.92 Å². The Bertz CT molecular complexity index is 1630. The maximum Gasteiger partial charge on any atom is 0.256 e. The number of ether oxygens (including phenoxy) is 1. The molecule has 1 aliphatic rings. The molecule has 1 aromatic heterocycles. The molecule has 0 aliphatic carbocycles. The van der Waals surface area contributed by atoms with E-state index >= 15 is 0 Å². The van der Waals surface area contributed by atoms with Crippen molar-refractivity contribution in [2.75, 3.05) is 18.0 Å². The quantitative estimate of drug-likeness (QED) is 0.217. The number of carbonyl (C=O) groups is 2. The van der Waals surface area contributed by atoms with Crippen LogP contribution in [0.25, 0.3) is 11.3 Å². The number of anilines is 1. The molecule has 2 amide bonds. The maximum absolute atomic E-state index is 14.4. The molecule has 46 heavy (non-hydrogen) atoms. The predicted octanol–water partition coefficient (Wildman–Crippen LogP) is 9.11. The first-order chi connectivity index (χ1) is 22.3. The highest BCUT2D eigenvalue weighted by atomic mass is 16.5. The normalized spacial score (nSPS) is 14.5. The van der Waals surface area contributed by atoms with Crippen LogP contribution in [0.1, 0.15) is 98.0 Å². The van der Waals surface area contributed by atoms with E-state index in [2.05, 4.69) is 45.0 Å². The van der Waals surface area contributed by atoms with Gasteiger partial charge >= 0.3 is 0 Å². The summed E-state index contributed by atoms with van der Waals surface area (Å²) in [4.78, 5) is 36.1. The number of hydrogen-bond acceptors (Lipinski definition) is 4. The van der Waals surface area contributed by atoms with Gasteiger partial charge in [0.25, 0.3) is 5.91 Å². The minimum atomic E-state index is -0.0217. The molecule has 240 valence electrons.